The summed E-state index contributed by atoms with van der Waals surface area (Å²) in [6.45, 7) is 4.84. The van der Waals surface area contributed by atoms with Gasteiger partial charge in [-0.1, -0.05) is 19.4 Å². The number of allylic oxidation sites excluding steroid dienone is 2. The van der Waals surface area contributed by atoms with Crippen molar-refractivity contribution in [3.8, 4) is 0 Å². The van der Waals surface area contributed by atoms with Crippen LogP contribution in [-0.4, -0.2) is 16.9 Å². The van der Waals surface area contributed by atoms with Crippen molar-refractivity contribution in [3.63, 3.8) is 0 Å². The second kappa shape index (κ2) is 4.44. The van der Waals surface area contributed by atoms with Gasteiger partial charge in [-0.3, -0.25) is 0 Å². The van der Waals surface area contributed by atoms with Crippen molar-refractivity contribution < 1.29 is 5.11 Å². The highest BCUT2D eigenvalue weighted by Crippen LogP contribution is 2.65. The molecule has 4 aliphatic carbocycles. The molecule has 0 bridgehead atoms. The smallest absolute Gasteiger partial charge is 0.0596 e. The molecule has 2 N–H and O–H groups in total. The van der Waals surface area contributed by atoms with E-state index in [0.717, 1.165) is 36.3 Å². The third-order valence-corrected chi connectivity index (χ3v) is 7.95. The minimum Gasteiger partial charge on any atom is -0.393 e. The molecule has 2 heteroatoms. The van der Waals surface area contributed by atoms with Crippen molar-refractivity contribution in [1.29, 1.82) is 5.41 Å². The monoisotopic (exact) mass is 287 g/mol. The van der Waals surface area contributed by atoms with E-state index in [9.17, 15) is 5.11 Å². The summed E-state index contributed by atoms with van der Waals surface area (Å²) in [5.41, 5.74) is 2.96. The number of nitrogens with one attached hydrogen (secondary N) is 1. The first-order valence-corrected chi connectivity index (χ1v) is 8.92. The first-order chi connectivity index (χ1) is 9.95. The Kier molecular flexibility index (Phi) is 2.96. The number of hydrogen-bond donors (Lipinski definition) is 2. The second-order valence-corrected chi connectivity index (χ2v) is 8.67. The molecule has 6 atom stereocenters. The van der Waals surface area contributed by atoms with E-state index in [2.05, 4.69) is 19.9 Å². The minimum atomic E-state index is -0.0623. The van der Waals surface area contributed by atoms with Crippen molar-refractivity contribution in [1.82, 2.24) is 0 Å². The van der Waals surface area contributed by atoms with Crippen LogP contribution in [0, 0.1) is 34.0 Å². The third kappa shape index (κ3) is 1.78. The Balaban J connectivity index is 1.69. The van der Waals surface area contributed by atoms with Crippen LogP contribution in [0.25, 0.3) is 0 Å². The van der Waals surface area contributed by atoms with Crippen LogP contribution < -0.4 is 0 Å². The Morgan fingerprint density at radius 3 is 2.67 bits per heavy atom. The number of hydrogen-bond acceptors (Lipinski definition) is 2. The van der Waals surface area contributed by atoms with Crippen molar-refractivity contribution in [3.05, 3.63) is 11.6 Å². The standard InChI is InChI=1S/C19H29NO/c1-18-9-7-13(20)11-12(18)3-4-14-15-5-6-17(21)19(15,2)10-8-16(14)18/h11,14-17,20-21H,3-10H2,1-2H3/t14?,15?,16?,17?,18-,19-/m0/s1. The summed E-state index contributed by atoms with van der Waals surface area (Å²) in [6, 6.07) is 0. The topological polar surface area (TPSA) is 44.1 Å². The normalized spacial score (nSPS) is 52.7. The van der Waals surface area contributed by atoms with Crippen LogP contribution in [0.1, 0.15) is 65.2 Å². The quantitative estimate of drug-likeness (QED) is 0.684. The van der Waals surface area contributed by atoms with Gasteiger partial charge in [0, 0.05) is 5.71 Å². The molecule has 0 aromatic carbocycles. The van der Waals surface area contributed by atoms with Gasteiger partial charge in [-0.05, 0) is 86.0 Å². The van der Waals surface area contributed by atoms with Gasteiger partial charge in [-0.15, -0.1) is 0 Å². The molecule has 116 valence electrons. The van der Waals surface area contributed by atoms with Crippen LogP contribution in [0.2, 0.25) is 0 Å². The van der Waals surface area contributed by atoms with Gasteiger partial charge in [0.15, 0.2) is 0 Å². The zero-order chi connectivity index (χ0) is 14.8. The highest BCUT2D eigenvalue weighted by atomic mass is 16.3. The summed E-state index contributed by atoms with van der Waals surface area (Å²) < 4.78 is 0. The van der Waals surface area contributed by atoms with Gasteiger partial charge in [0.25, 0.3) is 0 Å². The summed E-state index contributed by atoms with van der Waals surface area (Å²) in [4.78, 5) is 0. The van der Waals surface area contributed by atoms with Crippen LogP contribution in [-0.2, 0) is 0 Å². The minimum absolute atomic E-state index is 0.0623. The molecule has 0 spiro atoms. The molecule has 3 fully saturated rings. The SMILES string of the molecule is C[C@]12CCC3C(CCC4=CC(=N)CC[C@@]43C)C1CCC2O. The first-order valence-electron chi connectivity index (χ1n) is 8.92. The molecular formula is C19H29NO. The van der Waals surface area contributed by atoms with Crippen molar-refractivity contribution in [2.45, 2.75) is 71.3 Å². The van der Waals surface area contributed by atoms with E-state index in [-0.39, 0.29) is 11.5 Å². The average Bonchev–Trinajstić information content (AvgIpc) is 2.76. The Morgan fingerprint density at radius 2 is 1.86 bits per heavy atom. The van der Waals surface area contributed by atoms with Gasteiger partial charge >= 0.3 is 0 Å². The van der Waals surface area contributed by atoms with Crippen LogP contribution >= 0.6 is 0 Å². The largest absolute Gasteiger partial charge is 0.393 e. The molecule has 2 nitrogen and oxygen atoms in total. The lowest BCUT2D eigenvalue weighted by Crippen LogP contribution is -2.51. The molecule has 0 aliphatic heterocycles. The maximum atomic E-state index is 10.5. The molecule has 4 aliphatic rings. The molecule has 3 saturated carbocycles. The zero-order valence-corrected chi connectivity index (χ0v) is 13.5. The first kappa shape index (κ1) is 14.0. The van der Waals surface area contributed by atoms with Gasteiger partial charge in [0.2, 0.25) is 0 Å². The number of aliphatic hydroxyl groups is 1. The van der Waals surface area contributed by atoms with Gasteiger partial charge in [-0.25, -0.2) is 0 Å². The van der Waals surface area contributed by atoms with Gasteiger partial charge in [-0.2, -0.15) is 0 Å². The maximum absolute atomic E-state index is 10.5. The lowest BCUT2D eigenvalue weighted by atomic mass is 9.47. The fourth-order valence-corrected chi connectivity index (χ4v) is 6.56. The molecule has 0 radical (unpaired) electrons. The predicted molar refractivity (Wildman–Crippen MR) is 85.4 cm³/mol. The molecule has 21 heavy (non-hydrogen) atoms. The fourth-order valence-electron chi connectivity index (χ4n) is 6.56. The summed E-state index contributed by atoms with van der Waals surface area (Å²) in [5.74, 6) is 2.36. The average molecular weight is 287 g/mol. The van der Waals surface area contributed by atoms with E-state index in [4.69, 9.17) is 5.41 Å². The van der Waals surface area contributed by atoms with E-state index in [1.165, 1.54) is 38.5 Å². The summed E-state index contributed by atoms with van der Waals surface area (Å²) >= 11 is 0. The highest BCUT2D eigenvalue weighted by Gasteiger charge is 2.58. The van der Waals surface area contributed by atoms with E-state index in [1.54, 1.807) is 5.57 Å². The molecule has 4 unspecified atom stereocenters. The fraction of sp³-hybridized carbons (Fsp3) is 0.842. The van der Waals surface area contributed by atoms with Crippen molar-refractivity contribution in [2.24, 2.45) is 28.6 Å². The number of fused-ring (bicyclic) bond motifs is 5. The molecular weight excluding hydrogens is 258 g/mol. The molecule has 0 heterocycles. The summed E-state index contributed by atoms with van der Waals surface area (Å²) in [6.07, 6.45) is 11.5. The van der Waals surface area contributed by atoms with Gasteiger partial charge in [0.1, 0.15) is 0 Å². The lowest BCUT2D eigenvalue weighted by Gasteiger charge is -2.57. The predicted octanol–water partition coefficient (Wildman–Crippen LogP) is 4.33. The number of rotatable bonds is 0. The Labute approximate surface area is 128 Å². The molecule has 0 aromatic rings. The molecule has 0 aromatic heterocycles. The Hall–Kier alpha value is -0.630. The number of aliphatic hydroxyl groups excluding tert-OH is 1. The van der Waals surface area contributed by atoms with E-state index in [1.807, 2.05) is 0 Å². The van der Waals surface area contributed by atoms with E-state index in [0.29, 0.717) is 5.41 Å². The van der Waals surface area contributed by atoms with Crippen molar-refractivity contribution in [2.75, 3.05) is 0 Å². The van der Waals surface area contributed by atoms with E-state index >= 15 is 0 Å². The zero-order valence-electron chi connectivity index (χ0n) is 13.5. The van der Waals surface area contributed by atoms with Crippen LogP contribution in [0.3, 0.4) is 0 Å². The van der Waals surface area contributed by atoms with Gasteiger partial charge < -0.3 is 10.5 Å². The van der Waals surface area contributed by atoms with Crippen LogP contribution in [0.4, 0.5) is 0 Å². The Bertz CT molecular complexity index is 510. The molecule has 0 saturated heterocycles. The lowest BCUT2D eigenvalue weighted by molar-refractivity contribution is -0.0721. The van der Waals surface area contributed by atoms with Crippen LogP contribution in [0.15, 0.2) is 11.6 Å². The second-order valence-electron chi connectivity index (χ2n) is 8.67. The maximum Gasteiger partial charge on any atom is 0.0596 e. The third-order valence-electron chi connectivity index (χ3n) is 7.95. The highest BCUT2D eigenvalue weighted by molar-refractivity contribution is 5.94. The van der Waals surface area contributed by atoms with E-state index < -0.39 is 0 Å². The van der Waals surface area contributed by atoms with Crippen molar-refractivity contribution >= 4 is 5.71 Å². The summed E-state index contributed by atoms with van der Waals surface area (Å²) in [7, 11) is 0. The van der Waals surface area contributed by atoms with Crippen LogP contribution in [0.5, 0.6) is 0 Å². The van der Waals surface area contributed by atoms with Gasteiger partial charge in [0.05, 0.1) is 6.10 Å². The molecule has 4 rings (SSSR count). The molecule has 0 amide bonds. The summed E-state index contributed by atoms with van der Waals surface area (Å²) in [5, 5.41) is 18.5. The Morgan fingerprint density at radius 1 is 1.05 bits per heavy atom.